The van der Waals surface area contributed by atoms with E-state index in [0.29, 0.717) is 5.75 Å². The van der Waals surface area contributed by atoms with Crippen LogP contribution in [0.15, 0.2) is 18.2 Å². The third-order valence-electron chi connectivity index (χ3n) is 2.84. The third-order valence-corrected chi connectivity index (χ3v) is 2.84. The van der Waals surface area contributed by atoms with Crippen molar-refractivity contribution in [2.45, 2.75) is 26.3 Å². The summed E-state index contributed by atoms with van der Waals surface area (Å²) in [5.74, 6) is 0.274. The van der Waals surface area contributed by atoms with Gasteiger partial charge in [-0.3, -0.25) is 4.79 Å². The van der Waals surface area contributed by atoms with Gasteiger partial charge >= 0.3 is 0 Å². The lowest BCUT2D eigenvalue weighted by molar-refractivity contribution is -0.126. The molecule has 106 valence electrons. The van der Waals surface area contributed by atoms with Crippen LogP contribution in [0.3, 0.4) is 0 Å². The Morgan fingerprint density at radius 2 is 1.95 bits per heavy atom. The first kappa shape index (κ1) is 15.5. The lowest BCUT2D eigenvalue weighted by atomic mass is 10.1. The molecule has 1 aromatic rings. The Kier molecular flexibility index (Phi) is 5.32. The van der Waals surface area contributed by atoms with Crippen molar-refractivity contribution in [3.05, 3.63) is 29.3 Å². The van der Waals surface area contributed by atoms with Crippen LogP contribution in [0.5, 0.6) is 5.75 Å². The standard InChI is InChI=1S/C14H21NO4/c1-10-4-5-11(2)12(6-10)19-7-13(18)15-14(3,8-16)9-17/h4-6,16-17H,7-9H2,1-3H3,(H,15,18). The zero-order valence-corrected chi connectivity index (χ0v) is 11.6. The van der Waals surface area contributed by atoms with E-state index in [0.717, 1.165) is 11.1 Å². The lowest BCUT2D eigenvalue weighted by Crippen LogP contribution is -2.53. The number of hydrogen-bond donors (Lipinski definition) is 3. The Bertz CT molecular complexity index is 441. The minimum Gasteiger partial charge on any atom is -0.483 e. The van der Waals surface area contributed by atoms with E-state index in [1.54, 1.807) is 6.92 Å². The Labute approximate surface area is 113 Å². The molecule has 0 aromatic heterocycles. The van der Waals surface area contributed by atoms with Crippen molar-refractivity contribution in [1.82, 2.24) is 5.32 Å². The zero-order chi connectivity index (χ0) is 14.5. The van der Waals surface area contributed by atoms with Crippen LogP contribution in [0, 0.1) is 13.8 Å². The monoisotopic (exact) mass is 267 g/mol. The Morgan fingerprint density at radius 1 is 1.32 bits per heavy atom. The van der Waals surface area contributed by atoms with Crippen molar-refractivity contribution in [3.8, 4) is 5.75 Å². The van der Waals surface area contributed by atoms with E-state index in [1.807, 2.05) is 32.0 Å². The van der Waals surface area contributed by atoms with Gasteiger partial charge in [-0.15, -0.1) is 0 Å². The molecule has 0 fully saturated rings. The van der Waals surface area contributed by atoms with E-state index in [4.69, 9.17) is 14.9 Å². The molecule has 0 aliphatic rings. The second-order valence-electron chi connectivity index (χ2n) is 4.98. The summed E-state index contributed by atoms with van der Waals surface area (Å²) in [6, 6.07) is 5.75. The van der Waals surface area contributed by atoms with Crippen molar-refractivity contribution in [2.75, 3.05) is 19.8 Å². The van der Waals surface area contributed by atoms with Crippen molar-refractivity contribution in [3.63, 3.8) is 0 Å². The van der Waals surface area contributed by atoms with Crippen LogP contribution in [0.25, 0.3) is 0 Å². The number of rotatable bonds is 6. The van der Waals surface area contributed by atoms with Gasteiger partial charge in [-0.2, -0.15) is 0 Å². The number of nitrogens with one attached hydrogen (secondary N) is 1. The molecular weight excluding hydrogens is 246 g/mol. The normalized spacial score (nSPS) is 11.2. The first-order chi connectivity index (χ1) is 8.90. The molecule has 0 radical (unpaired) electrons. The number of benzene rings is 1. The summed E-state index contributed by atoms with van der Waals surface area (Å²) in [6.45, 7) is 4.58. The molecule has 5 nitrogen and oxygen atoms in total. The highest BCUT2D eigenvalue weighted by Crippen LogP contribution is 2.18. The van der Waals surface area contributed by atoms with Crippen molar-refractivity contribution < 1.29 is 19.7 Å². The molecule has 1 amide bonds. The molecule has 0 spiro atoms. The quantitative estimate of drug-likeness (QED) is 0.703. The molecule has 0 saturated heterocycles. The number of amides is 1. The van der Waals surface area contributed by atoms with Crippen LogP contribution in [0.4, 0.5) is 0 Å². The molecule has 0 saturated carbocycles. The van der Waals surface area contributed by atoms with Gasteiger partial charge < -0.3 is 20.3 Å². The van der Waals surface area contributed by atoms with E-state index < -0.39 is 5.54 Å². The van der Waals surface area contributed by atoms with Gasteiger partial charge in [0.15, 0.2) is 6.61 Å². The number of aliphatic hydroxyl groups is 2. The van der Waals surface area contributed by atoms with E-state index in [9.17, 15) is 4.79 Å². The predicted molar refractivity (Wildman–Crippen MR) is 72.1 cm³/mol. The molecule has 0 unspecified atom stereocenters. The number of aryl methyl sites for hydroxylation is 2. The second-order valence-corrected chi connectivity index (χ2v) is 4.98. The van der Waals surface area contributed by atoms with E-state index in [-0.39, 0.29) is 25.7 Å². The van der Waals surface area contributed by atoms with Gasteiger partial charge in [0.25, 0.3) is 5.91 Å². The Morgan fingerprint density at radius 3 is 2.53 bits per heavy atom. The van der Waals surface area contributed by atoms with Gasteiger partial charge in [0, 0.05) is 0 Å². The van der Waals surface area contributed by atoms with Gasteiger partial charge in [0.05, 0.1) is 18.8 Å². The number of hydrogen-bond acceptors (Lipinski definition) is 4. The van der Waals surface area contributed by atoms with Gasteiger partial charge in [-0.25, -0.2) is 0 Å². The molecule has 1 rings (SSSR count). The molecule has 19 heavy (non-hydrogen) atoms. The fourth-order valence-corrected chi connectivity index (χ4v) is 1.51. The minimum absolute atomic E-state index is 0.153. The van der Waals surface area contributed by atoms with Crippen LogP contribution >= 0.6 is 0 Å². The summed E-state index contributed by atoms with van der Waals surface area (Å²) < 4.78 is 5.44. The highest BCUT2D eigenvalue weighted by Gasteiger charge is 2.24. The topological polar surface area (TPSA) is 78.8 Å². The molecule has 0 atom stereocenters. The molecule has 0 heterocycles. The van der Waals surface area contributed by atoms with Crippen LogP contribution in [0.2, 0.25) is 0 Å². The van der Waals surface area contributed by atoms with Crippen molar-refractivity contribution >= 4 is 5.91 Å². The van der Waals surface area contributed by atoms with Gasteiger partial charge in [-0.1, -0.05) is 12.1 Å². The molecule has 3 N–H and O–H groups in total. The molecule has 1 aromatic carbocycles. The third kappa shape index (κ3) is 4.54. The molecule has 0 aliphatic carbocycles. The minimum atomic E-state index is -1.03. The number of ether oxygens (including phenoxy) is 1. The first-order valence-electron chi connectivity index (χ1n) is 6.13. The van der Waals surface area contributed by atoms with Crippen molar-refractivity contribution in [2.24, 2.45) is 0 Å². The summed E-state index contributed by atoms with van der Waals surface area (Å²) in [5, 5.41) is 20.7. The Hall–Kier alpha value is -1.59. The maximum atomic E-state index is 11.7. The fourth-order valence-electron chi connectivity index (χ4n) is 1.51. The highest BCUT2D eigenvalue weighted by atomic mass is 16.5. The molecule has 0 bridgehead atoms. The van der Waals surface area contributed by atoms with Crippen LogP contribution in [-0.4, -0.2) is 41.5 Å². The van der Waals surface area contributed by atoms with Gasteiger partial charge in [0.2, 0.25) is 0 Å². The zero-order valence-electron chi connectivity index (χ0n) is 11.6. The summed E-state index contributed by atoms with van der Waals surface area (Å²) in [7, 11) is 0. The Balaban J connectivity index is 2.57. The number of carbonyl (C=O) groups is 1. The smallest absolute Gasteiger partial charge is 0.258 e. The summed E-state index contributed by atoms with van der Waals surface area (Å²) in [6.07, 6.45) is 0. The van der Waals surface area contributed by atoms with Gasteiger partial charge in [0.1, 0.15) is 5.75 Å². The largest absolute Gasteiger partial charge is 0.483 e. The molecular formula is C14H21NO4. The van der Waals surface area contributed by atoms with Crippen molar-refractivity contribution in [1.29, 1.82) is 0 Å². The summed E-state index contributed by atoms with van der Waals surface area (Å²) >= 11 is 0. The second kappa shape index (κ2) is 6.54. The van der Waals surface area contributed by atoms with Gasteiger partial charge in [-0.05, 0) is 38.0 Å². The van der Waals surface area contributed by atoms with Crippen LogP contribution < -0.4 is 10.1 Å². The number of carbonyl (C=O) groups excluding carboxylic acids is 1. The average Bonchev–Trinajstić information content (AvgIpc) is 2.39. The SMILES string of the molecule is Cc1ccc(C)c(OCC(=O)NC(C)(CO)CO)c1. The lowest BCUT2D eigenvalue weighted by Gasteiger charge is -2.26. The van der Waals surface area contributed by atoms with E-state index in [2.05, 4.69) is 5.32 Å². The predicted octanol–water partition coefficient (Wildman–Crippen LogP) is 0.542. The van der Waals surface area contributed by atoms with E-state index >= 15 is 0 Å². The molecule has 5 heteroatoms. The first-order valence-corrected chi connectivity index (χ1v) is 6.13. The van der Waals surface area contributed by atoms with E-state index in [1.165, 1.54) is 0 Å². The summed E-state index contributed by atoms with van der Waals surface area (Å²) in [4.78, 5) is 11.7. The highest BCUT2D eigenvalue weighted by molar-refractivity contribution is 5.78. The average molecular weight is 267 g/mol. The fraction of sp³-hybridized carbons (Fsp3) is 0.500. The number of aliphatic hydroxyl groups excluding tert-OH is 2. The maximum Gasteiger partial charge on any atom is 0.258 e. The maximum absolute atomic E-state index is 11.7. The van der Waals surface area contributed by atoms with Crippen LogP contribution in [-0.2, 0) is 4.79 Å². The van der Waals surface area contributed by atoms with Crippen LogP contribution in [0.1, 0.15) is 18.1 Å². The molecule has 0 aliphatic heterocycles. The summed E-state index contributed by atoms with van der Waals surface area (Å²) in [5.41, 5.74) is 0.976.